The van der Waals surface area contributed by atoms with Crippen molar-refractivity contribution in [2.24, 2.45) is 5.92 Å². The second-order valence-electron chi connectivity index (χ2n) is 4.93. The number of ether oxygens (including phenoxy) is 1. The van der Waals surface area contributed by atoms with Crippen molar-refractivity contribution >= 4 is 0 Å². The Morgan fingerprint density at radius 3 is 3.00 bits per heavy atom. The number of piperidine rings is 1. The summed E-state index contributed by atoms with van der Waals surface area (Å²) in [6.07, 6.45) is 5.99. The van der Waals surface area contributed by atoms with Crippen molar-refractivity contribution in [3.05, 3.63) is 23.9 Å². The highest BCUT2D eigenvalue weighted by Gasteiger charge is 2.37. The number of fused-ring (bicyclic) bond motifs is 2. The number of rotatable bonds is 2. The average molecular weight is 218 g/mol. The summed E-state index contributed by atoms with van der Waals surface area (Å²) in [7, 11) is 1.66. The van der Waals surface area contributed by atoms with E-state index in [2.05, 4.69) is 16.4 Å². The molecule has 1 aromatic rings. The van der Waals surface area contributed by atoms with E-state index < -0.39 is 0 Å². The minimum atomic E-state index is 0.658. The molecule has 2 aliphatic rings. The highest BCUT2D eigenvalue weighted by atomic mass is 16.5. The van der Waals surface area contributed by atoms with Gasteiger partial charge in [-0.25, -0.2) is 4.98 Å². The Morgan fingerprint density at radius 1 is 1.38 bits per heavy atom. The van der Waals surface area contributed by atoms with Gasteiger partial charge in [0, 0.05) is 24.2 Å². The third-order valence-corrected chi connectivity index (χ3v) is 4.02. The van der Waals surface area contributed by atoms with E-state index in [4.69, 9.17) is 4.74 Å². The Labute approximate surface area is 96.2 Å². The van der Waals surface area contributed by atoms with Gasteiger partial charge in [0.1, 0.15) is 0 Å². The molecule has 3 rings (SSSR count). The molecule has 1 N–H and O–H groups in total. The molecule has 0 amide bonds. The molecule has 1 saturated carbocycles. The fourth-order valence-electron chi connectivity index (χ4n) is 3.18. The smallest absolute Gasteiger partial charge is 0.212 e. The van der Waals surface area contributed by atoms with E-state index >= 15 is 0 Å². The molecule has 1 saturated heterocycles. The molecule has 2 bridgehead atoms. The summed E-state index contributed by atoms with van der Waals surface area (Å²) in [6, 6.07) is 4.81. The molecular weight excluding hydrogens is 200 g/mol. The summed E-state index contributed by atoms with van der Waals surface area (Å²) in [4.78, 5) is 4.31. The first-order valence-corrected chi connectivity index (χ1v) is 6.10. The van der Waals surface area contributed by atoms with Gasteiger partial charge in [0.25, 0.3) is 0 Å². The maximum atomic E-state index is 5.09. The molecule has 3 unspecified atom stereocenters. The number of methoxy groups -OCH3 is 1. The van der Waals surface area contributed by atoms with Crippen LogP contribution < -0.4 is 10.1 Å². The summed E-state index contributed by atoms with van der Waals surface area (Å²) in [5.74, 6) is 2.29. The van der Waals surface area contributed by atoms with E-state index in [0.29, 0.717) is 17.8 Å². The van der Waals surface area contributed by atoms with Gasteiger partial charge in [-0.3, -0.25) is 0 Å². The SMILES string of the molecule is COc1ccc(C2CC3CCNC2C3)cn1. The van der Waals surface area contributed by atoms with Crippen LogP contribution in [0.15, 0.2) is 18.3 Å². The van der Waals surface area contributed by atoms with Crippen molar-refractivity contribution in [3.63, 3.8) is 0 Å². The minimum Gasteiger partial charge on any atom is -0.481 e. The van der Waals surface area contributed by atoms with Gasteiger partial charge in [0.2, 0.25) is 5.88 Å². The van der Waals surface area contributed by atoms with Gasteiger partial charge < -0.3 is 10.1 Å². The van der Waals surface area contributed by atoms with Gasteiger partial charge in [-0.1, -0.05) is 6.07 Å². The molecule has 16 heavy (non-hydrogen) atoms. The normalized spacial score (nSPS) is 32.7. The van der Waals surface area contributed by atoms with Gasteiger partial charge in [0.05, 0.1) is 7.11 Å². The van der Waals surface area contributed by atoms with Gasteiger partial charge in [-0.2, -0.15) is 0 Å². The van der Waals surface area contributed by atoms with Crippen molar-refractivity contribution in [2.45, 2.75) is 31.2 Å². The summed E-state index contributed by atoms with van der Waals surface area (Å²) in [5, 5.41) is 3.63. The lowest BCUT2D eigenvalue weighted by molar-refractivity contribution is 0.385. The monoisotopic (exact) mass is 218 g/mol. The van der Waals surface area contributed by atoms with Gasteiger partial charge in [-0.05, 0) is 37.3 Å². The van der Waals surface area contributed by atoms with Crippen LogP contribution in [0.4, 0.5) is 0 Å². The zero-order valence-electron chi connectivity index (χ0n) is 9.65. The van der Waals surface area contributed by atoms with E-state index in [1.54, 1.807) is 7.11 Å². The van der Waals surface area contributed by atoms with Gasteiger partial charge in [0.15, 0.2) is 0 Å². The zero-order chi connectivity index (χ0) is 11.0. The lowest BCUT2D eigenvalue weighted by Crippen LogP contribution is -2.35. The average Bonchev–Trinajstić information content (AvgIpc) is 2.64. The molecule has 3 nitrogen and oxygen atoms in total. The predicted molar refractivity (Wildman–Crippen MR) is 62.7 cm³/mol. The fraction of sp³-hybridized carbons (Fsp3) is 0.615. The Balaban J connectivity index is 1.81. The van der Waals surface area contributed by atoms with Crippen molar-refractivity contribution < 1.29 is 4.74 Å². The summed E-state index contributed by atoms with van der Waals surface area (Å²) in [5.41, 5.74) is 1.36. The second kappa shape index (κ2) is 4.06. The molecule has 86 valence electrons. The first-order chi connectivity index (χ1) is 7.86. The predicted octanol–water partition coefficient (Wildman–Crippen LogP) is 1.95. The largest absolute Gasteiger partial charge is 0.481 e. The lowest BCUT2D eigenvalue weighted by Gasteiger charge is -2.23. The van der Waals surface area contributed by atoms with Crippen LogP contribution in [0.5, 0.6) is 5.88 Å². The number of hydrogen-bond donors (Lipinski definition) is 1. The number of pyridine rings is 1. The van der Waals surface area contributed by atoms with E-state index in [-0.39, 0.29) is 0 Å². The van der Waals surface area contributed by atoms with Gasteiger partial charge >= 0.3 is 0 Å². The molecule has 0 radical (unpaired) electrons. The third kappa shape index (κ3) is 1.69. The van der Waals surface area contributed by atoms with E-state index in [1.807, 2.05) is 12.3 Å². The fourth-order valence-corrected chi connectivity index (χ4v) is 3.18. The quantitative estimate of drug-likeness (QED) is 0.823. The standard InChI is InChI=1S/C13H18N2O/c1-16-13-3-2-10(8-15-13)11-6-9-4-5-14-12(11)7-9/h2-3,8-9,11-12,14H,4-7H2,1H3. The minimum absolute atomic E-state index is 0.658. The highest BCUT2D eigenvalue weighted by molar-refractivity contribution is 5.24. The molecule has 2 heterocycles. The lowest BCUT2D eigenvalue weighted by atomic mass is 9.96. The molecule has 0 spiro atoms. The Hall–Kier alpha value is -1.09. The Bertz CT molecular complexity index is 363. The Morgan fingerprint density at radius 2 is 2.31 bits per heavy atom. The number of nitrogens with zero attached hydrogens (tertiary/aromatic N) is 1. The first-order valence-electron chi connectivity index (χ1n) is 6.10. The summed E-state index contributed by atoms with van der Waals surface area (Å²) < 4.78 is 5.09. The van der Waals surface area contributed by atoms with Crippen LogP contribution in [0.1, 0.15) is 30.7 Å². The van der Waals surface area contributed by atoms with E-state index in [0.717, 1.165) is 5.92 Å². The summed E-state index contributed by atoms with van der Waals surface area (Å²) >= 11 is 0. The highest BCUT2D eigenvalue weighted by Crippen LogP contribution is 2.42. The van der Waals surface area contributed by atoms with E-state index in [9.17, 15) is 0 Å². The zero-order valence-corrected chi connectivity index (χ0v) is 9.65. The van der Waals surface area contributed by atoms with Crippen LogP contribution in [-0.4, -0.2) is 24.7 Å². The summed E-state index contributed by atoms with van der Waals surface area (Å²) in [6.45, 7) is 1.19. The van der Waals surface area contributed by atoms with Crippen LogP contribution in [-0.2, 0) is 0 Å². The maximum Gasteiger partial charge on any atom is 0.212 e. The molecule has 1 aliphatic heterocycles. The number of aromatic nitrogens is 1. The van der Waals surface area contributed by atoms with Crippen molar-refractivity contribution in [1.29, 1.82) is 0 Å². The molecule has 3 atom stereocenters. The van der Waals surface area contributed by atoms with Crippen LogP contribution in [0, 0.1) is 5.92 Å². The van der Waals surface area contributed by atoms with Crippen LogP contribution in [0.25, 0.3) is 0 Å². The van der Waals surface area contributed by atoms with Crippen LogP contribution >= 0.6 is 0 Å². The molecular formula is C13H18N2O. The van der Waals surface area contributed by atoms with Crippen LogP contribution in [0.2, 0.25) is 0 Å². The number of hydrogen-bond acceptors (Lipinski definition) is 3. The van der Waals surface area contributed by atoms with Crippen LogP contribution in [0.3, 0.4) is 0 Å². The maximum absolute atomic E-state index is 5.09. The molecule has 1 aromatic heterocycles. The topological polar surface area (TPSA) is 34.1 Å². The van der Waals surface area contributed by atoms with E-state index in [1.165, 1.54) is 31.4 Å². The molecule has 0 aromatic carbocycles. The number of nitrogens with one attached hydrogen (secondary N) is 1. The van der Waals surface area contributed by atoms with Crippen molar-refractivity contribution in [3.8, 4) is 5.88 Å². The van der Waals surface area contributed by atoms with Gasteiger partial charge in [-0.15, -0.1) is 0 Å². The molecule has 1 aliphatic carbocycles. The Kier molecular flexibility index (Phi) is 2.56. The molecule has 2 fully saturated rings. The van der Waals surface area contributed by atoms with Crippen molar-refractivity contribution in [2.75, 3.05) is 13.7 Å². The second-order valence-corrected chi connectivity index (χ2v) is 4.93. The third-order valence-electron chi connectivity index (χ3n) is 4.02. The van der Waals surface area contributed by atoms with Crippen molar-refractivity contribution in [1.82, 2.24) is 10.3 Å². The first kappa shape index (κ1) is 10.1. The molecule has 3 heteroatoms.